The highest BCUT2D eigenvalue weighted by atomic mass is 16.5. The summed E-state index contributed by atoms with van der Waals surface area (Å²) >= 11 is 0. The number of benzene rings is 1. The summed E-state index contributed by atoms with van der Waals surface area (Å²) in [5, 5.41) is 10.7. The molecule has 1 aromatic rings. The van der Waals surface area contributed by atoms with Gasteiger partial charge in [0.05, 0.1) is 12.7 Å². The van der Waals surface area contributed by atoms with Gasteiger partial charge in [0.15, 0.2) is 0 Å². The van der Waals surface area contributed by atoms with Crippen LogP contribution in [0.2, 0.25) is 0 Å². The smallest absolute Gasteiger partial charge is 0.118 e. The summed E-state index contributed by atoms with van der Waals surface area (Å²) in [6.45, 7) is 6.33. The third kappa shape index (κ3) is 2.45. The average molecular weight is 237 g/mol. The Bertz CT molecular complexity index is 353. The Hall–Kier alpha value is -1.06. The number of hydrogen-bond donors (Lipinski definition) is 2. The van der Waals surface area contributed by atoms with Crippen molar-refractivity contribution >= 4 is 0 Å². The van der Waals surface area contributed by atoms with Crippen LogP contribution in [0.25, 0.3) is 0 Å². The Kier molecular flexibility index (Phi) is 4.17. The maximum absolute atomic E-state index is 10.7. The molecule has 3 nitrogen and oxygen atoms in total. The van der Waals surface area contributed by atoms with E-state index in [1.807, 2.05) is 45.0 Å². The van der Waals surface area contributed by atoms with Crippen molar-refractivity contribution in [2.24, 2.45) is 11.1 Å². The van der Waals surface area contributed by atoms with Crippen molar-refractivity contribution in [2.45, 2.75) is 32.8 Å². The Morgan fingerprint density at radius 1 is 1.24 bits per heavy atom. The first kappa shape index (κ1) is 14.0. The standard InChI is InChI=1S/C14H23NO2/c1-5-13(2,10-15)14(3,16)11-6-8-12(17-4)9-7-11/h6-9,16H,5,10,15H2,1-4H3. The van der Waals surface area contributed by atoms with E-state index in [9.17, 15) is 5.11 Å². The lowest BCUT2D eigenvalue weighted by Gasteiger charge is -2.42. The van der Waals surface area contributed by atoms with E-state index in [4.69, 9.17) is 10.5 Å². The van der Waals surface area contributed by atoms with Gasteiger partial charge in [-0.3, -0.25) is 0 Å². The van der Waals surface area contributed by atoms with Gasteiger partial charge in [0.25, 0.3) is 0 Å². The molecule has 0 bridgehead atoms. The molecular weight excluding hydrogens is 214 g/mol. The lowest BCUT2D eigenvalue weighted by Crippen LogP contribution is -2.46. The first-order valence-electron chi connectivity index (χ1n) is 5.98. The van der Waals surface area contributed by atoms with Crippen LogP contribution in [0.3, 0.4) is 0 Å². The summed E-state index contributed by atoms with van der Waals surface area (Å²) in [4.78, 5) is 0. The molecule has 0 spiro atoms. The molecule has 0 aliphatic carbocycles. The van der Waals surface area contributed by atoms with Gasteiger partial charge in [-0.1, -0.05) is 26.0 Å². The van der Waals surface area contributed by atoms with Gasteiger partial charge >= 0.3 is 0 Å². The van der Waals surface area contributed by atoms with Crippen molar-refractivity contribution < 1.29 is 9.84 Å². The van der Waals surface area contributed by atoms with Crippen molar-refractivity contribution in [3.05, 3.63) is 29.8 Å². The molecular formula is C14H23NO2. The maximum Gasteiger partial charge on any atom is 0.118 e. The number of nitrogens with two attached hydrogens (primary N) is 1. The zero-order chi connectivity index (χ0) is 13.1. The molecule has 0 aromatic heterocycles. The minimum Gasteiger partial charge on any atom is -0.497 e. The van der Waals surface area contributed by atoms with Crippen molar-refractivity contribution in [2.75, 3.05) is 13.7 Å². The van der Waals surface area contributed by atoms with Crippen LogP contribution in [0.5, 0.6) is 5.75 Å². The summed E-state index contributed by atoms with van der Waals surface area (Å²) in [6.07, 6.45) is 0.822. The summed E-state index contributed by atoms with van der Waals surface area (Å²) < 4.78 is 5.11. The van der Waals surface area contributed by atoms with E-state index in [1.54, 1.807) is 7.11 Å². The number of ether oxygens (including phenoxy) is 1. The van der Waals surface area contributed by atoms with Crippen LogP contribution in [0.1, 0.15) is 32.8 Å². The highest BCUT2D eigenvalue weighted by molar-refractivity contribution is 5.31. The third-order valence-corrected chi connectivity index (χ3v) is 4.06. The van der Waals surface area contributed by atoms with Crippen LogP contribution in [-0.2, 0) is 5.60 Å². The highest BCUT2D eigenvalue weighted by Crippen LogP contribution is 2.41. The van der Waals surface area contributed by atoms with Crippen molar-refractivity contribution in [1.29, 1.82) is 0 Å². The topological polar surface area (TPSA) is 55.5 Å². The molecule has 1 rings (SSSR count). The number of aliphatic hydroxyl groups is 1. The van der Waals surface area contributed by atoms with Crippen LogP contribution in [0.4, 0.5) is 0 Å². The molecule has 96 valence electrons. The third-order valence-electron chi connectivity index (χ3n) is 4.06. The van der Waals surface area contributed by atoms with Gasteiger partial charge in [-0.25, -0.2) is 0 Å². The summed E-state index contributed by atoms with van der Waals surface area (Å²) in [7, 11) is 1.63. The molecule has 0 saturated heterocycles. The first-order valence-corrected chi connectivity index (χ1v) is 5.98. The molecule has 0 aliphatic rings. The molecule has 17 heavy (non-hydrogen) atoms. The maximum atomic E-state index is 10.7. The van der Waals surface area contributed by atoms with Crippen molar-refractivity contribution in [3.8, 4) is 5.75 Å². The quantitative estimate of drug-likeness (QED) is 0.826. The first-order chi connectivity index (χ1) is 7.91. The Balaban J connectivity index is 3.11. The fourth-order valence-electron chi connectivity index (χ4n) is 1.95. The van der Waals surface area contributed by atoms with Crippen LogP contribution < -0.4 is 10.5 Å². The van der Waals surface area contributed by atoms with E-state index in [0.29, 0.717) is 6.54 Å². The van der Waals surface area contributed by atoms with Crippen molar-refractivity contribution in [1.82, 2.24) is 0 Å². The van der Waals surface area contributed by atoms with Crippen molar-refractivity contribution in [3.63, 3.8) is 0 Å². The van der Waals surface area contributed by atoms with Gasteiger partial charge in [-0.15, -0.1) is 0 Å². The summed E-state index contributed by atoms with van der Waals surface area (Å²) in [5.74, 6) is 0.788. The number of methoxy groups -OCH3 is 1. The molecule has 2 unspecified atom stereocenters. The second kappa shape index (κ2) is 5.07. The Morgan fingerprint density at radius 2 is 1.76 bits per heavy atom. The van der Waals surface area contributed by atoms with E-state index in [-0.39, 0.29) is 5.41 Å². The molecule has 2 atom stereocenters. The van der Waals surface area contributed by atoms with Crippen LogP contribution in [0, 0.1) is 5.41 Å². The van der Waals surface area contributed by atoms with Gasteiger partial charge in [0.1, 0.15) is 5.75 Å². The SMILES string of the molecule is CCC(C)(CN)C(C)(O)c1ccc(OC)cc1. The lowest BCUT2D eigenvalue weighted by atomic mass is 9.69. The average Bonchev–Trinajstić information content (AvgIpc) is 2.37. The molecule has 0 radical (unpaired) electrons. The molecule has 0 fully saturated rings. The predicted molar refractivity (Wildman–Crippen MR) is 70.0 cm³/mol. The fraction of sp³-hybridized carbons (Fsp3) is 0.571. The molecule has 0 heterocycles. The second-order valence-corrected chi connectivity index (χ2v) is 4.92. The molecule has 0 saturated carbocycles. The fourth-order valence-corrected chi connectivity index (χ4v) is 1.95. The summed E-state index contributed by atoms with van der Waals surface area (Å²) in [6, 6.07) is 7.50. The van der Waals surface area contributed by atoms with E-state index in [1.165, 1.54) is 0 Å². The van der Waals surface area contributed by atoms with Gasteiger partial charge in [-0.2, -0.15) is 0 Å². The monoisotopic (exact) mass is 237 g/mol. The molecule has 1 aromatic carbocycles. The number of rotatable bonds is 5. The molecule has 0 amide bonds. The summed E-state index contributed by atoms with van der Waals surface area (Å²) in [5.41, 5.74) is 5.41. The van der Waals surface area contributed by atoms with E-state index in [0.717, 1.165) is 17.7 Å². The van der Waals surface area contributed by atoms with E-state index in [2.05, 4.69) is 0 Å². The predicted octanol–water partition coefficient (Wildman–Crippen LogP) is 2.28. The zero-order valence-electron chi connectivity index (χ0n) is 11.2. The minimum atomic E-state index is -0.942. The Labute approximate surface area is 104 Å². The molecule has 0 aliphatic heterocycles. The second-order valence-electron chi connectivity index (χ2n) is 4.92. The largest absolute Gasteiger partial charge is 0.497 e. The lowest BCUT2D eigenvalue weighted by molar-refractivity contribution is -0.0646. The van der Waals surface area contributed by atoms with Crippen LogP contribution in [-0.4, -0.2) is 18.8 Å². The zero-order valence-corrected chi connectivity index (χ0v) is 11.2. The Morgan fingerprint density at radius 3 is 2.12 bits per heavy atom. The minimum absolute atomic E-state index is 0.332. The van der Waals surface area contributed by atoms with Crippen LogP contribution >= 0.6 is 0 Å². The van der Waals surface area contributed by atoms with Gasteiger partial charge in [0, 0.05) is 12.0 Å². The van der Waals surface area contributed by atoms with Gasteiger partial charge in [-0.05, 0) is 31.0 Å². The highest BCUT2D eigenvalue weighted by Gasteiger charge is 2.42. The number of hydrogen-bond acceptors (Lipinski definition) is 3. The molecule has 3 heteroatoms. The van der Waals surface area contributed by atoms with Gasteiger partial charge < -0.3 is 15.6 Å². The van der Waals surface area contributed by atoms with Gasteiger partial charge in [0.2, 0.25) is 0 Å². The van der Waals surface area contributed by atoms with Crippen LogP contribution in [0.15, 0.2) is 24.3 Å². The van der Waals surface area contributed by atoms with E-state index >= 15 is 0 Å². The molecule has 3 N–H and O–H groups in total. The normalized spacial score (nSPS) is 18.2. The van der Waals surface area contributed by atoms with E-state index < -0.39 is 5.60 Å².